The monoisotopic (exact) mass is 255 g/mol. The lowest BCUT2D eigenvalue weighted by atomic mass is 9.90. The van der Waals surface area contributed by atoms with E-state index in [1.54, 1.807) is 0 Å². The Hall–Kier alpha value is -0.0800. The Morgan fingerprint density at radius 2 is 1.94 bits per heavy atom. The first-order valence-corrected chi connectivity index (χ1v) is 8.19. The smallest absolute Gasteiger partial charge is 0.0509 e. The van der Waals surface area contributed by atoms with Gasteiger partial charge in [-0.1, -0.05) is 46.0 Å². The predicted molar refractivity (Wildman–Crippen MR) is 79.0 cm³/mol. The van der Waals surface area contributed by atoms with E-state index in [0.717, 1.165) is 25.7 Å². The van der Waals surface area contributed by atoms with Crippen LogP contribution in [-0.2, 0) is 4.74 Å². The van der Waals surface area contributed by atoms with Crippen molar-refractivity contribution in [3.63, 3.8) is 0 Å². The molecule has 0 aliphatic carbocycles. The zero-order valence-corrected chi connectivity index (χ0v) is 12.5. The van der Waals surface area contributed by atoms with Gasteiger partial charge in [-0.05, 0) is 38.1 Å². The molecule has 0 bridgehead atoms. The molecule has 2 heteroatoms. The average Bonchev–Trinajstić information content (AvgIpc) is 2.43. The average molecular weight is 255 g/mol. The lowest BCUT2D eigenvalue weighted by Crippen LogP contribution is -2.40. The Balaban J connectivity index is 2.21. The molecule has 0 aromatic heterocycles. The van der Waals surface area contributed by atoms with Gasteiger partial charge in [0.25, 0.3) is 0 Å². The molecule has 0 aromatic rings. The van der Waals surface area contributed by atoms with Crippen LogP contribution < -0.4 is 5.32 Å². The topological polar surface area (TPSA) is 21.3 Å². The van der Waals surface area contributed by atoms with Gasteiger partial charge in [0.05, 0.1) is 6.61 Å². The zero-order valence-electron chi connectivity index (χ0n) is 12.5. The van der Waals surface area contributed by atoms with E-state index in [0.29, 0.717) is 6.04 Å². The summed E-state index contributed by atoms with van der Waals surface area (Å²) in [4.78, 5) is 0. The van der Waals surface area contributed by atoms with Crippen molar-refractivity contribution in [2.75, 3.05) is 19.8 Å². The fourth-order valence-electron chi connectivity index (χ4n) is 2.88. The fraction of sp³-hybridized carbons (Fsp3) is 1.00. The molecule has 2 unspecified atom stereocenters. The van der Waals surface area contributed by atoms with Gasteiger partial charge in [-0.25, -0.2) is 0 Å². The van der Waals surface area contributed by atoms with Crippen LogP contribution in [0.1, 0.15) is 71.6 Å². The molecule has 108 valence electrons. The van der Waals surface area contributed by atoms with Crippen LogP contribution in [0.5, 0.6) is 0 Å². The SMILES string of the molecule is CCCCCCCC(NCCC)C1CCCOC1. The lowest BCUT2D eigenvalue weighted by molar-refractivity contribution is 0.0375. The zero-order chi connectivity index (χ0) is 13.1. The van der Waals surface area contributed by atoms with Crippen molar-refractivity contribution >= 4 is 0 Å². The van der Waals surface area contributed by atoms with Crippen molar-refractivity contribution < 1.29 is 4.74 Å². The number of rotatable bonds is 10. The van der Waals surface area contributed by atoms with E-state index in [2.05, 4.69) is 19.2 Å². The van der Waals surface area contributed by atoms with Gasteiger partial charge in [-0.2, -0.15) is 0 Å². The van der Waals surface area contributed by atoms with Gasteiger partial charge in [0.2, 0.25) is 0 Å². The molecule has 1 N–H and O–H groups in total. The van der Waals surface area contributed by atoms with E-state index < -0.39 is 0 Å². The van der Waals surface area contributed by atoms with Crippen molar-refractivity contribution in [3.8, 4) is 0 Å². The Morgan fingerprint density at radius 3 is 2.61 bits per heavy atom. The number of hydrogen-bond acceptors (Lipinski definition) is 2. The highest BCUT2D eigenvalue weighted by Crippen LogP contribution is 2.21. The van der Waals surface area contributed by atoms with E-state index in [4.69, 9.17) is 4.74 Å². The Bertz CT molecular complexity index is 178. The molecule has 1 fully saturated rings. The van der Waals surface area contributed by atoms with Crippen LogP contribution >= 0.6 is 0 Å². The molecule has 1 aliphatic heterocycles. The second-order valence-corrected chi connectivity index (χ2v) is 5.74. The third-order valence-corrected chi connectivity index (χ3v) is 4.04. The molecule has 1 heterocycles. The van der Waals surface area contributed by atoms with Crippen molar-refractivity contribution in [3.05, 3.63) is 0 Å². The van der Waals surface area contributed by atoms with E-state index in [9.17, 15) is 0 Å². The minimum absolute atomic E-state index is 0.701. The molecular weight excluding hydrogens is 222 g/mol. The number of unbranched alkanes of at least 4 members (excludes halogenated alkanes) is 4. The lowest BCUT2D eigenvalue weighted by Gasteiger charge is -2.31. The third kappa shape index (κ3) is 6.75. The van der Waals surface area contributed by atoms with E-state index in [1.165, 1.54) is 57.8 Å². The van der Waals surface area contributed by atoms with Crippen molar-refractivity contribution in [2.24, 2.45) is 5.92 Å². The summed E-state index contributed by atoms with van der Waals surface area (Å²) in [5, 5.41) is 3.75. The summed E-state index contributed by atoms with van der Waals surface area (Å²) < 4.78 is 5.65. The second kappa shape index (κ2) is 10.8. The minimum Gasteiger partial charge on any atom is -0.381 e. The maximum Gasteiger partial charge on any atom is 0.0509 e. The molecule has 0 saturated carbocycles. The molecular formula is C16H33NO. The van der Waals surface area contributed by atoms with E-state index in [1.807, 2.05) is 0 Å². The van der Waals surface area contributed by atoms with Crippen LogP contribution in [0.4, 0.5) is 0 Å². The maximum atomic E-state index is 5.65. The van der Waals surface area contributed by atoms with E-state index >= 15 is 0 Å². The Morgan fingerprint density at radius 1 is 1.11 bits per heavy atom. The first kappa shape index (κ1) is 16.0. The van der Waals surface area contributed by atoms with Gasteiger partial charge >= 0.3 is 0 Å². The summed E-state index contributed by atoms with van der Waals surface area (Å²) in [5.74, 6) is 0.761. The quantitative estimate of drug-likeness (QED) is 0.592. The van der Waals surface area contributed by atoms with Gasteiger partial charge in [-0.3, -0.25) is 0 Å². The van der Waals surface area contributed by atoms with Gasteiger partial charge < -0.3 is 10.1 Å². The first-order chi connectivity index (χ1) is 8.88. The van der Waals surface area contributed by atoms with Crippen molar-refractivity contribution in [1.82, 2.24) is 5.32 Å². The van der Waals surface area contributed by atoms with Gasteiger partial charge in [-0.15, -0.1) is 0 Å². The fourth-order valence-corrected chi connectivity index (χ4v) is 2.88. The highest BCUT2D eigenvalue weighted by Gasteiger charge is 2.23. The summed E-state index contributed by atoms with van der Waals surface area (Å²) in [5.41, 5.74) is 0. The Kier molecular flexibility index (Phi) is 9.59. The number of nitrogens with one attached hydrogen (secondary N) is 1. The van der Waals surface area contributed by atoms with Crippen LogP contribution in [0.15, 0.2) is 0 Å². The van der Waals surface area contributed by atoms with E-state index in [-0.39, 0.29) is 0 Å². The summed E-state index contributed by atoms with van der Waals surface area (Å²) in [6.07, 6.45) is 12.1. The van der Waals surface area contributed by atoms with Crippen LogP contribution in [0, 0.1) is 5.92 Å². The van der Waals surface area contributed by atoms with Crippen LogP contribution in [-0.4, -0.2) is 25.8 Å². The van der Waals surface area contributed by atoms with Crippen molar-refractivity contribution in [1.29, 1.82) is 0 Å². The first-order valence-electron chi connectivity index (χ1n) is 8.19. The molecule has 0 amide bonds. The van der Waals surface area contributed by atoms with Crippen LogP contribution in [0.3, 0.4) is 0 Å². The highest BCUT2D eigenvalue weighted by atomic mass is 16.5. The second-order valence-electron chi connectivity index (χ2n) is 5.74. The normalized spacial score (nSPS) is 22.0. The largest absolute Gasteiger partial charge is 0.381 e. The van der Waals surface area contributed by atoms with Crippen LogP contribution in [0.25, 0.3) is 0 Å². The number of ether oxygens (including phenoxy) is 1. The summed E-state index contributed by atoms with van der Waals surface area (Å²) in [6, 6.07) is 0.701. The molecule has 2 nitrogen and oxygen atoms in total. The minimum atomic E-state index is 0.701. The molecule has 0 aromatic carbocycles. The van der Waals surface area contributed by atoms with Gasteiger partial charge in [0.15, 0.2) is 0 Å². The summed E-state index contributed by atoms with van der Waals surface area (Å²) in [7, 11) is 0. The maximum absolute atomic E-state index is 5.65. The molecule has 1 saturated heterocycles. The Labute approximate surface area is 114 Å². The molecule has 1 rings (SSSR count). The summed E-state index contributed by atoms with van der Waals surface area (Å²) in [6.45, 7) is 7.66. The number of hydrogen-bond donors (Lipinski definition) is 1. The van der Waals surface area contributed by atoms with Gasteiger partial charge in [0, 0.05) is 12.6 Å². The molecule has 2 atom stereocenters. The predicted octanol–water partition coefficient (Wildman–Crippen LogP) is 4.14. The molecule has 0 radical (unpaired) electrons. The third-order valence-electron chi connectivity index (χ3n) is 4.04. The van der Waals surface area contributed by atoms with Crippen molar-refractivity contribution in [2.45, 2.75) is 77.7 Å². The van der Waals surface area contributed by atoms with Gasteiger partial charge in [0.1, 0.15) is 0 Å². The standard InChI is InChI=1S/C16H33NO/c1-3-5-6-7-8-11-16(17-12-4-2)15-10-9-13-18-14-15/h15-17H,3-14H2,1-2H3. The molecule has 0 spiro atoms. The molecule has 1 aliphatic rings. The highest BCUT2D eigenvalue weighted by molar-refractivity contribution is 4.78. The summed E-state index contributed by atoms with van der Waals surface area (Å²) >= 11 is 0. The van der Waals surface area contributed by atoms with Crippen LogP contribution in [0.2, 0.25) is 0 Å². The molecule has 18 heavy (non-hydrogen) atoms.